The summed E-state index contributed by atoms with van der Waals surface area (Å²) in [5, 5.41) is 2.20. The van der Waals surface area contributed by atoms with Gasteiger partial charge in [0, 0.05) is 6.42 Å². The van der Waals surface area contributed by atoms with E-state index in [2.05, 4.69) is 45.0 Å². The maximum atomic E-state index is 12.5. The molecular weight excluding hydrogens is 420 g/mol. The minimum absolute atomic E-state index is 0.114. The average Bonchev–Trinajstić information content (AvgIpc) is 2.78. The molecule has 0 radical (unpaired) electrons. The Kier molecular flexibility index (Phi) is 7.57. The van der Waals surface area contributed by atoms with Crippen LogP contribution in [-0.4, -0.2) is 40.1 Å². The Morgan fingerprint density at radius 2 is 1.56 bits per heavy atom. The molecule has 0 N–H and O–H groups in total. The van der Waals surface area contributed by atoms with E-state index in [1.807, 2.05) is 43.3 Å². The highest BCUT2D eigenvalue weighted by Crippen LogP contribution is 2.38. The van der Waals surface area contributed by atoms with Crippen molar-refractivity contribution >= 4 is 30.6 Å². The third-order valence-corrected chi connectivity index (χ3v) is 11.5. The highest BCUT2D eigenvalue weighted by molar-refractivity contribution is 6.99. The second-order valence-corrected chi connectivity index (χ2v) is 13.9. The van der Waals surface area contributed by atoms with Crippen molar-refractivity contribution in [3.8, 4) is 0 Å². The molecule has 1 aliphatic rings. The first-order chi connectivity index (χ1) is 15.2. The lowest BCUT2D eigenvalue weighted by molar-refractivity contribution is -0.167. The van der Waals surface area contributed by atoms with Crippen LogP contribution in [0.25, 0.3) is 0 Å². The minimum Gasteiger partial charge on any atom is -0.469 e. The van der Waals surface area contributed by atoms with Crippen LogP contribution in [0.1, 0.15) is 40.5 Å². The van der Waals surface area contributed by atoms with Crippen LogP contribution in [-0.2, 0) is 23.5 Å². The van der Waals surface area contributed by atoms with Crippen molar-refractivity contribution in [3.05, 3.63) is 60.7 Å². The standard InChI is InChI=1S/C26H34O5Si/c1-19-20(17-24(27)29-5)16-21(31-25(19)28)18-30-32(26(2,3)4,22-12-8-6-9-13-22)23-14-10-7-11-15-23/h6-15,19-21H,16-18H2,1-5H3/t19-,20-,21+/m0/s1. The quantitative estimate of drug-likeness (QED) is 0.472. The van der Waals surface area contributed by atoms with E-state index in [9.17, 15) is 9.59 Å². The summed E-state index contributed by atoms with van der Waals surface area (Å²) in [5.41, 5.74) is 0. The van der Waals surface area contributed by atoms with Gasteiger partial charge in [-0.1, -0.05) is 88.4 Å². The van der Waals surface area contributed by atoms with E-state index in [1.54, 1.807) is 0 Å². The number of hydrogen-bond acceptors (Lipinski definition) is 5. The van der Waals surface area contributed by atoms with Gasteiger partial charge in [-0.3, -0.25) is 9.59 Å². The third kappa shape index (κ3) is 4.97. The van der Waals surface area contributed by atoms with E-state index in [0.717, 1.165) is 0 Å². The molecule has 0 amide bonds. The van der Waals surface area contributed by atoms with Gasteiger partial charge in [-0.25, -0.2) is 0 Å². The van der Waals surface area contributed by atoms with Gasteiger partial charge in [0.25, 0.3) is 8.32 Å². The van der Waals surface area contributed by atoms with E-state index in [4.69, 9.17) is 13.9 Å². The molecule has 1 saturated heterocycles. The minimum atomic E-state index is -2.72. The van der Waals surface area contributed by atoms with Crippen molar-refractivity contribution < 1.29 is 23.5 Å². The van der Waals surface area contributed by atoms with Crippen molar-refractivity contribution in [2.45, 2.75) is 51.7 Å². The Balaban J connectivity index is 1.92. The maximum absolute atomic E-state index is 12.5. The molecule has 0 unspecified atom stereocenters. The summed E-state index contributed by atoms with van der Waals surface area (Å²) in [6, 6.07) is 20.8. The predicted octanol–water partition coefficient (Wildman–Crippen LogP) is 3.69. The fourth-order valence-electron chi connectivity index (χ4n) is 4.69. The van der Waals surface area contributed by atoms with Crippen molar-refractivity contribution in [1.29, 1.82) is 0 Å². The molecule has 32 heavy (non-hydrogen) atoms. The molecule has 1 heterocycles. The fraction of sp³-hybridized carbons (Fsp3) is 0.462. The van der Waals surface area contributed by atoms with E-state index < -0.39 is 14.4 Å². The molecule has 1 aliphatic heterocycles. The lowest BCUT2D eigenvalue weighted by Gasteiger charge is -2.44. The molecule has 2 aromatic carbocycles. The summed E-state index contributed by atoms with van der Waals surface area (Å²) in [7, 11) is -1.34. The number of carbonyl (C=O) groups excluding carboxylic acids is 2. The zero-order chi connectivity index (χ0) is 23.4. The average molecular weight is 455 g/mol. The topological polar surface area (TPSA) is 61.8 Å². The summed E-state index contributed by atoms with van der Waals surface area (Å²) < 4.78 is 17.5. The van der Waals surface area contributed by atoms with Crippen LogP contribution in [0.15, 0.2) is 60.7 Å². The number of esters is 2. The van der Waals surface area contributed by atoms with Crippen molar-refractivity contribution in [3.63, 3.8) is 0 Å². The molecule has 6 heteroatoms. The smallest absolute Gasteiger partial charge is 0.309 e. The largest absolute Gasteiger partial charge is 0.469 e. The van der Waals surface area contributed by atoms with Crippen LogP contribution < -0.4 is 10.4 Å². The summed E-state index contributed by atoms with van der Waals surface area (Å²) >= 11 is 0. The van der Waals surface area contributed by atoms with Gasteiger partial charge >= 0.3 is 11.9 Å². The highest BCUT2D eigenvalue weighted by Gasteiger charge is 2.51. The first-order valence-corrected chi connectivity index (χ1v) is 13.1. The zero-order valence-electron chi connectivity index (χ0n) is 19.7. The molecular formula is C26H34O5Si. The zero-order valence-corrected chi connectivity index (χ0v) is 20.7. The predicted molar refractivity (Wildman–Crippen MR) is 127 cm³/mol. The molecule has 2 aromatic rings. The molecule has 0 aliphatic carbocycles. The van der Waals surface area contributed by atoms with E-state index in [-0.39, 0.29) is 35.2 Å². The first-order valence-electron chi connectivity index (χ1n) is 11.2. The Bertz CT molecular complexity index is 867. The van der Waals surface area contributed by atoms with Gasteiger partial charge in [-0.05, 0) is 27.8 Å². The first kappa shape index (κ1) is 24.2. The van der Waals surface area contributed by atoms with Crippen LogP contribution in [0, 0.1) is 11.8 Å². The Morgan fingerprint density at radius 3 is 2.03 bits per heavy atom. The molecule has 172 valence electrons. The van der Waals surface area contributed by atoms with Gasteiger partial charge in [0.2, 0.25) is 0 Å². The van der Waals surface area contributed by atoms with E-state index in [1.165, 1.54) is 17.5 Å². The van der Waals surface area contributed by atoms with Crippen LogP contribution in [0.5, 0.6) is 0 Å². The van der Waals surface area contributed by atoms with Gasteiger partial charge in [-0.15, -0.1) is 0 Å². The molecule has 0 spiro atoms. The molecule has 3 atom stereocenters. The number of carbonyl (C=O) groups is 2. The summed E-state index contributed by atoms with van der Waals surface area (Å²) in [4.78, 5) is 24.4. The molecule has 5 nitrogen and oxygen atoms in total. The lowest BCUT2D eigenvalue weighted by Crippen LogP contribution is -2.67. The summed E-state index contributed by atoms with van der Waals surface area (Å²) in [6.07, 6.45) is 0.401. The van der Waals surface area contributed by atoms with Crippen molar-refractivity contribution in [2.24, 2.45) is 11.8 Å². The number of rotatable bonds is 7. The van der Waals surface area contributed by atoms with Crippen LogP contribution in [0.3, 0.4) is 0 Å². The normalized spacial score (nSPS) is 21.7. The number of hydrogen-bond donors (Lipinski definition) is 0. The van der Waals surface area contributed by atoms with Crippen molar-refractivity contribution in [2.75, 3.05) is 13.7 Å². The second-order valence-electron chi connectivity index (χ2n) is 9.60. The molecule has 0 bridgehead atoms. The SMILES string of the molecule is COC(=O)C[C@@H]1C[C@H](CO[Si](c2ccccc2)(c2ccccc2)C(C)(C)C)OC(=O)[C@H]1C. The van der Waals surface area contributed by atoms with E-state index in [0.29, 0.717) is 13.0 Å². The van der Waals surface area contributed by atoms with Crippen LogP contribution in [0.4, 0.5) is 0 Å². The monoisotopic (exact) mass is 454 g/mol. The van der Waals surface area contributed by atoms with Gasteiger partial charge in [0.1, 0.15) is 6.10 Å². The molecule has 3 rings (SSSR count). The lowest BCUT2D eigenvalue weighted by atomic mass is 9.84. The van der Waals surface area contributed by atoms with Gasteiger partial charge in [0.15, 0.2) is 0 Å². The molecule has 0 saturated carbocycles. The number of methoxy groups -OCH3 is 1. The Hall–Kier alpha value is -2.44. The highest BCUT2D eigenvalue weighted by atomic mass is 28.4. The fourth-order valence-corrected chi connectivity index (χ4v) is 9.28. The maximum Gasteiger partial charge on any atom is 0.309 e. The number of ether oxygens (including phenoxy) is 2. The van der Waals surface area contributed by atoms with Crippen molar-refractivity contribution in [1.82, 2.24) is 0 Å². The molecule has 0 aromatic heterocycles. The Labute approximate surface area is 192 Å². The Morgan fingerprint density at radius 1 is 1.03 bits per heavy atom. The van der Waals surface area contributed by atoms with Gasteiger partial charge < -0.3 is 13.9 Å². The third-order valence-electron chi connectivity index (χ3n) is 6.49. The summed E-state index contributed by atoms with van der Waals surface area (Å²) in [5.74, 6) is -1.03. The van der Waals surface area contributed by atoms with E-state index >= 15 is 0 Å². The van der Waals surface area contributed by atoms with Crippen LogP contribution in [0.2, 0.25) is 5.04 Å². The van der Waals surface area contributed by atoms with Crippen LogP contribution >= 0.6 is 0 Å². The number of cyclic esters (lactones) is 1. The summed E-state index contributed by atoms with van der Waals surface area (Å²) in [6.45, 7) is 8.76. The second kappa shape index (κ2) is 10.0. The van der Waals surface area contributed by atoms with Gasteiger partial charge in [-0.2, -0.15) is 0 Å². The molecule has 1 fully saturated rings. The number of benzene rings is 2. The van der Waals surface area contributed by atoms with Gasteiger partial charge in [0.05, 0.1) is 19.6 Å².